The molecule has 0 atom stereocenters. The van der Waals surface area contributed by atoms with E-state index >= 15 is 0 Å². The topological polar surface area (TPSA) is 65.2 Å². The van der Waals surface area contributed by atoms with Crippen molar-refractivity contribution in [2.75, 3.05) is 0 Å². The molecule has 2 aromatic carbocycles. The van der Waals surface area contributed by atoms with Crippen LogP contribution in [0.4, 0.5) is 8.78 Å². The smallest absolute Gasteiger partial charge is 0.251 e. The van der Waals surface area contributed by atoms with Crippen molar-refractivity contribution >= 4 is 16.8 Å². The van der Waals surface area contributed by atoms with Crippen molar-refractivity contribution < 1.29 is 18.3 Å². The molecule has 0 aliphatic carbocycles. The Hall–Kier alpha value is -3.02. The van der Waals surface area contributed by atoms with Crippen LogP contribution in [0.15, 0.2) is 42.5 Å². The van der Waals surface area contributed by atoms with Gasteiger partial charge >= 0.3 is 0 Å². The van der Waals surface area contributed by atoms with E-state index in [1.807, 2.05) is 0 Å². The van der Waals surface area contributed by atoms with Gasteiger partial charge < -0.3 is 10.5 Å². The first-order chi connectivity index (χ1) is 10.9. The van der Waals surface area contributed by atoms with Crippen LogP contribution in [0.2, 0.25) is 0 Å². The molecule has 1 aromatic heterocycles. The molecule has 1 amide bonds. The first-order valence-corrected chi connectivity index (χ1v) is 6.78. The number of carbonyl (C=O) groups is 1. The second-order valence-corrected chi connectivity index (χ2v) is 5.03. The van der Waals surface area contributed by atoms with Gasteiger partial charge in [0.2, 0.25) is 0 Å². The number of rotatable bonds is 3. The first kappa shape index (κ1) is 14.9. The fourth-order valence-corrected chi connectivity index (χ4v) is 2.26. The Morgan fingerprint density at radius 3 is 2.61 bits per heavy atom. The number of benzene rings is 2. The molecular weight excluding hydrogens is 302 g/mol. The Balaban J connectivity index is 2.06. The highest BCUT2D eigenvalue weighted by molar-refractivity contribution is 5.93. The largest absolute Gasteiger partial charge is 0.456 e. The molecule has 4 nitrogen and oxygen atoms in total. The highest BCUT2D eigenvalue weighted by Gasteiger charge is 2.12. The summed E-state index contributed by atoms with van der Waals surface area (Å²) >= 11 is 0. The molecule has 0 radical (unpaired) electrons. The van der Waals surface area contributed by atoms with E-state index in [4.69, 9.17) is 10.5 Å². The maximum atomic E-state index is 13.8. The molecule has 0 fully saturated rings. The van der Waals surface area contributed by atoms with Gasteiger partial charge in [-0.2, -0.15) is 0 Å². The number of amides is 1. The van der Waals surface area contributed by atoms with Crippen molar-refractivity contribution in [2.24, 2.45) is 5.73 Å². The zero-order chi connectivity index (χ0) is 16.6. The first-order valence-electron chi connectivity index (χ1n) is 6.78. The Morgan fingerprint density at radius 2 is 1.91 bits per heavy atom. The zero-order valence-corrected chi connectivity index (χ0v) is 12.1. The van der Waals surface area contributed by atoms with Gasteiger partial charge in [0.1, 0.15) is 23.1 Å². The molecule has 1 heterocycles. The molecule has 0 bridgehead atoms. The average Bonchev–Trinajstić information content (AvgIpc) is 2.47. The van der Waals surface area contributed by atoms with Crippen molar-refractivity contribution in [2.45, 2.75) is 6.92 Å². The van der Waals surface area contributed by atoms with Crippen LogP contribution in [0.3, 0.4) is 0 Å². The number of halogens is 2. The average molecular weight is 314 g/mol. The van der Waals surface area contributed by atoms with Crippen LogP contribution in [0.1, 0.15) is 16.1 Å². The Labute approximate surface area is 130 Å². The van der Waals surface area contributed by atoms with E-state index in [0.29, 0.717) is 22.3 Å². The summed E-state index contributed by atoms with van der Waals surface area (Å²) in [7, 11) is 0. The molecule has 0 saturated heterocycles. The molecule has 0 spiro atoms. The molecule has 6 heteroatoms. The molecule has 0 saturated carbocycles. The summed E-state index contributed by atoms with van der Waals surface area (Å²) in [5, 5.41) is 0.468. The molecule has 116 valence electrons. The van der Waals surface area contributed by atoms with E-state index in [2.05, 4.69) is 4.98 Å². The number of hydrogen-bond donors (Lipinski definition) is 1. The third kappa shape index (κ3) is 2.96. The monoisotopic (exact) mass is 314 g/mol. The molecule has 3 aromatic rings. The van der Waals surface area contributed by atoms with Gasteiger partial charge in [0.15, 0.2) is 0 Å². The second-order valence-electron chi connectivity index (χ2n) is 5.03. The van der Waals surface area contributed by atoms with E-state index in [1.165, 1.54) is 24.3 Å². The SMILES string of the molecule is Cc1cc(Oc2ccc(C(N)=O)c(F)c2)c2cc(F)ccc2n1. The molecule has 3 rings (SSSR count). The number of aryl methyl sites for hydroxylation is 1. The van der Waals surface area contributed by atoms with Crippen molar-refractivity contribution in [3.8, 4) is 11.5 Å². The number of hydrogen-bond acceptors (Lipinski definition) is 3. The van der Waals surface area contributed by atoms with Gasteiger partial charge in [-0.1, -0.05) is 0 Å². The number of nitrogens with zero attached hydrogens (tertiary/aromatic N) is 1. The molecule has 0 unspecified atom stereocenters. The van der Waals surface area contributed by atoms with E-state index in [-0.39, 0.29) is 11.3 Å². The fraction of sp³-hybridized carbons (Fsp3) is 0.0588. The standard InChI is InChI=1S/C17H12F2N2O2/c1-9-6-16(13-7-10(18)2-5-15(13)21-9)23-11-3-4-12(17(20)22)14(19)8-11/h2-8H,1H3,(H2,20,22). The zero-order valence-electron chi connectivity index (χ0n) is 12.1. The quantitative estimate of drug-likeness (QED) is 0.801. The van der Waals surface area contributed by atoms with Crippen molar-refractivity contribution in [3.63, 3.8) is 0 Å². The summed E-state index contributed by atoms with van der Waals surface area (Å²) in [5.74, 6) is -1.55. The lowest BCUT2D eigenvalue weighted by atomic mass is 10.1. The highest BCUT2D eigenvalue weighted by atomic mass is 19.1. The minimum absolute atomic E-state index is 0.170. The summed E-state index contributed by atoms with van der Waals surface area (Å²) < 4.78 is 32.9. The summed E-state index contributed by atoms with van der Waals surface area (Å²) in [6.45, 7) is 1.77. The number of pyridine rings is 1. The predicted molar refractivity (Wildman–Crippen MR) is 81.4 cm³/mol. The van der Waals surface area contributed by atoms with Crippen molar-refractivity contribution in [1.29, 1.82) is 0 Å². The number of nitrogens with two attached hydrogens (primary N) is 1. The van der Waals surface area contributed by atoms with E-state index in [9.17, 15) is 13.6 Å². The van der Waals surface area contributed by atoms with Gasteiger partial charge in [0.25, 0.3) is 5.91 Å². The number of aromatic nitrogens is 1. The van der Waals surface area contributed by atoms with Crippen LogP contribution in [-0.4, -0.2) is 10.9 Å². The minimum atomic E-state index is -0.860. The van der Waals surface area contributed by atoms with Gasteiger partial charge in [-0.3, -0.25) is 9.78 Å². The molecule has 23 heavy (non-hydrogen) atoms. The van der Waals surface area contributed by atoms with Gasteiger partial charge in [0.05, 0.1) is 11.1 Å². The van der Waals surface area contributed by atoms with Crippen LogP contribution < -0.4 is 10.5 Å². The minimum Gasteiger partial charge on any atom is -0.456 e. The molecule has 0 aliphatic rings. The number of ether oxygens (including phenoxy) is 1. The van der Waals surface area contributed by atoms with E-state index < -0.39 is 17.5 Å². The maximum absolute atomic E-state index is 13.8. The molecular formula is C17H12F2N2O2. The summed E-state index contributed by atoms with van der Waals surface area (Å²) in [6, 6.07) is 9.49. The lowest BCUT2D eigenvalue weighted by molar-refractivity contribution is 0.0996. The number of primary amides is 1. The predicted octanol–water partition coefficient (Wildman–Crippen LogP) is 3.71. The Kier molecular flexibility index (Phi) is 3.65. The highest BCUT2D eigenvalue weighted by Crippen LogP contribution is 2.31. The molecule has 2 N–H and O–H groups in total. The third-order valence-corrected chi connectivity index (χ3v) is 3.29. The van der Waals surface area contributed by atoms with Crippen LogP contribution in [0, 0.1) is 18.6 Å². The lowest BCUT2D eigenvalue weighted by Gasteiger charge is -2.11. The van der Waals surface area contributed by atoms with Gasteiger partial charge in [0, 0.05) is 23.2 Å². The van der Waals surface area contributed by atoms with Crippen molar-refractivity contribution in [1.82, 2.24) is 4.98 Å². The van der Waals surface area contributed by atoms with E-state index in [1.54, 1.807) is 19.1 Å². The van der Waals surface area contributed by atoms with Gasteiger partial charge in [-0.05, 0) is 37.3 Å². The molecule has 0 aliphatic heterocycles. The maximum Gasteiger partial charge on any atom is 0.251 e. The van der Waals surface area contributed by atoms with Crippen LogP contribution in [0.5, 0.6) is 11.5 Å². The normalized spacial score (nSPS) is 10.7. The summed E-state index contributed by atoms with van der Waals surface area (Å²) in [5.41, 5.74) is 6.08. The summed E-state index contributed by atoms with van der Waals surface area (Å²) in [4.78, 5) is 15.3. The lowest BCUT2D eigenvalue weighted by Crippen LogP contribution is -2.12. The van der Waals surface area contributed by atoms with E-state index in [0.717, 1.165) is 6.07 Å². The fourth-order valence-electron chi connectivity index (χ4n) is 2.26. The second kappa shape index (κ2) is 5.64. The van der Waals surface area contributed by atoms with Crippen LogP contribution in [0.25, 0.3) is 10.9 Å². The Morgan fingerprint density at radius 1 is 1.13 bits per heavy atom. The van der Waals surface area contributed by atoms with Gasteiger partial charge in [-0.25, -0.2) is 8.78 Å². The van der Waals surface area contributed by atoms with Crippen LogP contribution in [-0.2, 0) is 0 Å². The summed E-state index contributed by atoms with van der Waals surface area (Å²) in [6.07, 6.45) is 0. The number of carbonyl (C=O) groups excluding carboxylic acids is 1. The van der Waals surface area contributed by atoms with Crippen LogP contribution >= 0.6 is 0 Å². The van der Waals surface area contributed by atoms with Crippen molar-refractivity contribution in [3.05, 3.63) is 65.4 Å². The Bertz CT molecular complexity index is 926. The third-order valence-electron chi connectivity index (χ3n) is 3.29. The number of fused-ring (bicyclic) bond motifs is 1. The van der Waals surface area contributed by atoms with Gasteiger partial charge in [-0.15, -0.1) is 0 Å².